The van der Waals surface area contributed by atoms with E-state index in [2.05, 4.69) is 20.8 Å². The van der Waals surface area contributed by atoms with E-state index < -0.39 is 5.97 Å². The zero-order valence-electron chi connectivity index (χ0n) is 12.0. The highest BCUT2D eigenvalue weighted by atomic mass is 16.4. The maximum atomic E-state index is 11.3. The lowest BCUT2D eigenvalue weighted by atomic mass is 9.53. The molecule has 1 unspecified atom stereocenters. The summed E-state index contributed by atoms with van der Waals surface area (Å²) in [5, 5.41) is 9.29. The minimum atomic E-state index is -0.581. The van der Waals surface area contributed by atoms with Gasteiger partial charge in [-0.3, -0.25) is 4.79 Å². The summed E-state index contributed by atoms with van der Waals surface area (Å²) in [5.41, 5.74) is 0.975. The quantitative estimate of drug-likeness (QED) is 0.801. The molecule has 0 aromatic carbocycles. The zero-order valence-corrected chi connectivity index (χ0v) is 12.0. The summed E-state index contributed by atoms with van der Waals surface area (Å²) in [7, 11) is 0. The van der Waals surface area contributed by atoms with Gasteiger partial charge in [-0.25, -0.2) is 0 Å². The van der Waals surface area contributed by atoms with E-state index in [1.165, 1.54) is 38.5 Å². The fourth-order valence-corrected chi connectivity index (χ4v) is 5.99. The standard InChI is InChI=1S/C16H26O2/c1-11-5-6-12-14(2,3)7-4-8-15(12)10-16(11,15)9-13(17)18/h11-12H,4-10H2,1-3H3,(H,17,18)/t11-,12?,15+,16+/m0/s1. The Bertz CT molecular complexity index is 387. The van der Waals surface area contributed by atoms with Gasteiger partial charge < -0.3 is 5.11 Å². The van der Waals surface area contributed by atoms with Crippen LogP contribution in [0.4, 0.5) is 0 Å². The van der Waals surface area contributed by atoms with Crippen LogP contribution in [0.15, 0.2) is 0 Å². The predicted octanol–water partition coefficient (Wildman–Crippen LogP) is 4.09. The molecule has 2 nitrogen and oxygen atoms in total. The molecule has 0 aliphatic heterocycles. The molecular formula is C16H26O2. The van der Waals surface area contributed by atoms with Crippen LogP contribution in [0.3, 0.4) is 0 Å². The van der Waals surface area contributed by atoms with Crippen molar-refractivity contribution in [1.82, 2.24) is 0 Å². The summed E-state index contributed by atoms with van der Waals surface area (Å²) >= 11 is 0. The minimum absolute atomic E-state index is 0.152. The highest BCUT2D eigenvalue weighted by Gasteiger charge is 2.75. The first-order valence-electron chi connectivity index (χ1n) is 7.56. The van der Waals surface area contributed by atoms with Crippen LogP contribution < -0.4 is 0 Å². The van der Waals surface area contributed by atoms with E-state index in [0.717, 1.165) is 5.92 Å². The lowest BCUT2D eigenvalue weighted by molar-refractivity contribution is -0.141. The highest BCUT2D eigenvalue weighted by molar-refractivity contribution is 5.69. The first-order chi connectivity index (χ1) is 8.34. The van der Waals surface area contributed by atoms with Crippen LogP contribution in [0, 0.1) is 28.1 Å². The molecule has 0 aromatic heterocycles. The molecular weight excluding hydrogens is 224 g/mol. The molecule has 1 N–H and O–H groups in total. The lowest BCUT2D eigenvalue weighted by Gasteiger charge is -2.51. The SMILES string of the molecule is C[C@H]1CCC2C(C)(C)CCC[C@@]23C[C@]13CC(=O)O. The molecule has 4 atom stereocenters. The summed E-state index contributed by atoms with van der Waals surface area (Å²) in [6.07, 6.45) is 8.11. The first kappa shape index (κ1) is 12.5. The molecule has 1 spiro atoms. The van der Waals surface area contributed by atoms with Crippen molar-refractivity contribution in [2.75, 3.05) is 0 Å². The second-order valence-electron chi connectivity index (χ2n) is 7.93. The summed E-state index contributed by atoms with van der Waals surface area (Å²) in [6.45, 7) is 7.13. The monoisotopic (exact) mass is 250 g/mol. The Morgan fingerprint density at radius 1 is 1.28 bits per heavy atom. The van der Waals surface area contributed by atoms with E-state index >= 15 is 0 Å². The van der Waals surface area contributed by atoms with Crippen LogP contribution in [-0.4, -0.2) is 11.1 Å². The van der Waals surface area contributed by atoms with E-state index in [4.69, 9.17) is 0 Å². The molecule has 0 amide bonds. The predicted molar refractivity (Wildman–Crippen MR) is 71.3 cm³/mol. The van der Waals surface area contributed by atoms with Gasteiger partial charge in [-0.05, 0) is 60.2 Å². The van der Waals surface area contributed by atoms with Crippen LogP contribution in [0.2, 0.25) is 0 Å². The van der Waals surface area contributed by atoms with Gasteiger partial charge in [0.25, 0.3) is 0 Å². The summed E-state index contributed by atoms with van der Waals surface area (Å²) in [5.74, 6) is 0.802. The normalized spacial score (nSPS) is 49.1. The third-order valence-corrected chi connectivity index (χ3v) is 6.85. The van der Waals surface area contributed by atoms with Crippen LogP contribution in [0.25, 0.3) is 0 Å². The van der Waals surface area contributed by atoms with Crippen molar-refractivity contribution in [3.8, 4) is 0 Å². The molecule has 18 heavy (non-hydrogen) atoms. The molecule has 0 heterocycles. The second-order valence-corrected chi connectivity index (χ2v) is 7.93. The summed E-state index contributed by atoms with van der Waals surface area (Å²) in [6, 6.07) is 0. The third kappa shape index (κ3) is 1.38. The third-order valence-electron chi connectivity index (χ3n) is 6.85. The van der Waals surface area contributed by atoms with Crippen LogP contribution in [0.5, 0.6) is 0 Å². The Hall–Kier alpha value is -0.530. The number of aliphatic carboxylic acids is 1. The van der Waals surface area contributed by atoms with E-state index in [0.29, 0.717) is 23.2 Å². The molecule has 3 aliphatic carbocycles. The van der Waals surface area contributed by atoms with Crippen LogP contribution in [0.1, 0.15) is 65.7 Å². The number of hydrogen-bond donors (Lipinski definition) is 1. The van der Waals surface area contributed by atoms with Crippen molar-refractivity contribution in [2.45, 2.75) is 65.7 Å². The summed E-state index contributed by atoms with van der Waals surface area (Å²) < 4.78 is 0. The van der Waals surface area contributed by atoms with Gasteiger partial charge in [0.1, 0.15) is 0 Å². The topological polar surface area (TPSA) is 37.3 Å². The number of carboxylic acid groups (broad SMARTS) is 1. The van der Waals surface area contributed by atoms with Crippen LogP contribution >= 0.6 is 0 Å². The minimum Gasteiger partial charge on any atom is -0.481 e. The van der Waals surface area contributed by atoms with Crippen LogP contribution in [-0.2, 0) is 4.79 Å². The van der Waals surface area contributed by atoms with Gasteiger partial charge >= 0.3 is 5.97 Å². The number of carbonyl (C=O) groups is 1. The van der Waals surface area contributed by atoms with Gasteiger partial charge in [-0.2, -0.15) is 0 Å². The maximum absolute atomic E-state index is 11.3. The van der Waals surface area contributed by atoms with Crippen molar-refractivity contribution in [1.29, 1.82) is 0 Å². The van der Waals surface area contributed by atoms with Gasteiger partial charge in [-0.1, -0.05) is 27.2 Å². The van der Waals surface area contributed by atoms with Crippen molar-refractivity contribution >= 4 is 5.97 Å². The zero-order chi connectivity index (χ0) is 13.2. The number of carboxylic acids is 1. The average molecular weight is 250 g/mol. The van der Waals surface area contributed by atoms with Gasteiger partial charge in [0, 0.05) is 0 Å². The van der Waals surface area contributed by atoms with E-state index in [1.54, 1.807) is 0 Å². The molecule has 102 valence electrons. The van der Waals surface area contributed by atoms with E-state index in [-0.39, 0.29) is 5.41 Å². The molecule has 0 radical (unpaired) electrons. The molecule has 3 fully saturated rings. The fourth-order valence-electron chi connectivity index (χ4n) is 5.99. The molecule has 0 saturated heterocycles. The second kappa shape index (κ2) is 3.52. The van der Waals surface area contributed by atoms with Crippen molar-refractivity contribution in [2.24, 2.45) is 28.1 Å². The summed E-state index contributed by atoms with van der Waals surface area (Å²) in [4.78, 5) is 11.3. The average Bonchev–Trinajstić information content (AvgIpc) is 2.86. The first-order valence-corrected chi connectivity index (χ1v) is 7.56. The molecule has 2 heteroatoms. The Kier molecular flexibility index (Phi) is 2.44. The molecule has 3 saturated carbocycles. The fraction of sp³-hybridized carbons (Fsp3) is 0.938. The lowest BCUT2D eigenvalue weighted by Crippen LogP contribution is -2.44. The van der Waals surface area contributed by atoms with E-state index in [9.17, 15) is 9.90 Å². The Morgan fingerprint density at radius 3 is 2.67 bits per heavy atom. The van der Waals surface area contributed by atoms with Gasteiger partial charge in [0.15, 0.2) is 0 Å². The Morgan fingerprint density at radius 2 is 2.00 bits per heavy atom. The van der Waals surface area contributed by atoms with Gasteiger partial charge in [-0.15, -0.1) is 0 Å². The molecule has 0 aromatic rings. The molecule has 3 rings (SSSR count). The van der Waals surface area contributed by atoms with Crippen molar-refractivity contribution in [3.63, 3.8) is 0 Å². The largest absolute Gasteiger partial charge is 0.481 e. The number of hydrogen-bond acceptors (Lipinski definition) is 1. The van der Waals surface area contributed by atoms with Crippen molar-refractivity contribution in [3.05, 3.63) is 0 Å². The smallest absolute Gasteiger partial charge is 0.303 e. The molecule has 3 aliphatic rings. The highest BCUT2D eigenvalue weighted by Crippen LogP contribution is 2.82. The molecule has 0 bridgehead atoms. The van der Waals surface area contributed by atoms with Gasteiger partial charge in [0.2, 0.25) is 0 Å². The number of rotatable bonds is 2. The van der Waals surface area contributed by atoms with Gasteiger partial charge in [0.05, 0.1) is 6.42 Å². The Balaban J connectivity index is 1.95. The maximum Gasteiger partial charge on any atom is 0.303 e. The Labute approximate surface area is 110 Å². The van der Waals surface area contributed by atoms with E-state index in [1.807, 2.05) is 0 Å². The van der Waals surface area contributed by atoms with Crippen molar-refractivity contribution < 1.29 is 9.90 Å².